The van der Waals surface area contributed by atoms with Crippen molar-refractivity contribution in [3.05, 3.63) is 109 Å². The van der Waals surface area contributed by atoms with E-state index in [-0.39, 0.29) is 15.8 Å². The molecule has 0 bridgehead atoms. The molecule has 4 aromatic rings. The molecule has 1 N–H and O–H groups in total. The van der Waals surface area contributed by atoms with Crippen LogP contribution >= 0.6 is 22.9 Å². The van der Waals surface area contributed by atoms with Gasteiger partial charge in [0.2, 0.25) is 0 Å². The zero-order chi connectivity index (χ0) is 24.1. The molecule has 0 saturated carbocycles. The zero-order valence-electron chi connectivity index (χ0n) is 18.0. The first-order valence-electron chi connectivity index (χ1n) is 10.1. The van der Waals surface area contributed by atoms with Gasteiger partial charge in [-0.05, 0) is 42.5 Å². The van der Waals surface area contributed by atoms with Gasteiger partial charge >= 0.3 is 0 Å². The molecule has 0 saturated heterocycles. The highest BCUT2D eigenvalue weighted by Gasteiger charge is 2.17. The van der Waals surface area contributed by atoms with Crippen molar-refractivity contribution in [1.29, 1.82) is 5.26 Å². The molecule has 0 aliphatic heterocycles. The normalized spacial score (nSPS) is 12.1. The summed E-state index contributed by atoms with van der Waals surface area (Å²) in [5.74, 6) is -0.0363. The lowest BCUT2D eigenvalue weighted by Crippen LogP contribution is -2.32. The van der Waals surface area contributed by atoms with Crippen molar-refractivity contribution in [2.24, 2.45) is 0 Å². The van der Waals surface area contributed by atoms with E-state index in [4.69, 9.17) is 16.3 Å². The number of nitriles is 1. The number of nitrogens with one attached hydrogen (secondary N) is 1. The average Bonchev–Trinajstić information content (AvgIpc) is 3.15. The number of hydrogen-bond acceptors (Lipinski definition) is 5. The number of ether oxygens (including phenoxy) is 1. The van der Waals surface area contributed by atoms with E-state index in [1.807, 2.05) is 30.3 Å². The molecule has 1 heterocycles. The maximum atomic E-state index is 13.5. The molecule has 0 spiro atoms. The first-order chi connectivity index (χ1) is 16.5. The van der Waals surface area contributed by atoms with Crippen molar-refractivity contribution in [1.82, 2.24) is 4.57 Å². The molecular formula is C26H18ClN3O3S. The number of carbonyl (C=O) groups is 1. The Hall–Kier alpha value is -4.12. The molecule has 0 aliphatic carbocycles. The molecule has 168 valence electrons. The van der Waals surface area contributed by atoms with Crippen molar-refractivity contribution in [3.8, 4) is 17.5 Å². The molecule has 0 atom stereocenters. The monoisotopic (exact) mass is 487 g/mol. The first kappa shape index (κ1) is 23.1. The van der Waals surface area contributed by atoms with Crippen molar-refractivity contribution in [2.75, 3.05) is 12.4 Å². The minimum absolute atomic E-state index is 0.189. The number of rotatable bonds is 5. The number of carbonyl (C=O) groups excluding carboxylic acids is 1. The number of amides is 1. The Kier molecular flexibility index (Phi) is 6.93. The lowest BCUT2D eigenvalue weighted by atomic mass is 10.2. The average molecular weight is 488 g/mol. The van der Waals surface area contributed by atoms with E-state index in [1.165, 1.54) is 4.57 Å². The van der Waals surface area contributed by atoms with Crippen LogP contribution in [0.15, 0.2) is 83.7 Å². The Morgan fingerprint density at radius 2 is 1.82 bits per heavy atom. The summed E-state index contributed by atoms with van der Waals surface area (Å²) in [6.07, 6.45) is 1.69. The van der Waals surface area contributed by atoms with Crippen molar-refractivity contribution in [2.45, 2.75) is 0 Å². The van der Waals surface area contributed by atoms with Gasteiger partial charge in [0, 0.05) is 16.3 Å². The quantitative estimate of drug-likeness (QED) is 0.465. The Bertz CT molecular complexity index is 1580. The molecule has 0 unspecified atom stereocenters. The number of para-hydroxylation sites is 2. The number of benzene rings is 3. The first-order valence-corrected chi connectivity index (χ1v) is 11.3. The van der Waals surface area contributed by atoms with E-state index in [1.54, 1.807) is 67.8 Å². The topological polar surface area (TPSA) is 84.1 Å². The minimum atomic E-state index is -0.639. The number of nitrogens with zero attached hydrogens (tertiary/aromatic N) is 2. The summed E-state index contributed by atoms with van der Waals surface area (Å²) in [6.45, 7) is 0. The fourth-order valence-electron chi connectivity index (χ4n) is 3.34. The van der Waals surface area contributed by atoms with E-state index < -0.39 is 5.91 Å². The summed E-state index contributed by atoms with van der Waals surface area (Å²) in [6, 6.07) is 24.8. The zero-order valence-corrected chi connectivity index (χ0v) is 19.6. The Morgan fingerprint density at radius 3 is 2.53 bits per heavy atom. The van der Waals surface area contributed by atoms with Crippen LogP contribution in [0.2, 0.25) is 5.02 Å². The van der Waals surface area contributed by atoms with Gasteiger partial charge in [0.05, 0.1) is 17.3 Å². The van der Waals surface area contributed by atoms with Crippen LogP contribution in [0.25, 0.3) is 17.3 Å². The highest BCUT2D eigenvalue weighted by Crippen LogP contribution is 2.18. The number of halogens is 1. The van der Waals surface area contributed by atoms with E-state index in [0.717, 1.165) is 11.3 Å². The molecule has 1 amide bonds. The third-order valence-electron chi connectivity index (χ3n) is 4.90. The van der Waals surface area contributed by atoms with Crippen LogP contribution in [0.4, 0.5) is 5.69 Å². The van der Waals surface area contributed by atoms with Crippen molar-refractivity contribution in [3.63, 3.8) is 0 Å². The van der Waals surface area contributed by atoms with Crippen LogP contribution in [-0.4, -0.2) is 17.6 Å². The molecule has 6 nitrogen and oxygen atoms in total. The smallest absolute Gasteiger partial charge is 0.273 e. The number of aromatic nitrogens is 1. The van der Waals surface area contributed by atoms with Gasteiger partial charge in [-0.25, -0.2) is 0 Å². The lowest BCUT2D eigenvalue weighted by molar-refractivity contribution is -0.111. The van der Waals surface area contributed by atoms with Gasteiger partial charge in [0.15, 0.2) is 5.57 Å². The van der Waals surface area contributed by atoms with Gasteiger partial charge < -0.3 is 10.1 Å². The summed E-state index contributed by atoms with van der Waals surface area (Å²) in [7, 11) is 1.55. The Labute approximate surface area is 204 Å². The predicted octanol–water partition coefficient (Wildman–Crippen LogP) is 3.70. The minimum Gasteiger partial charge on any atom is -0.496 e. The summed E-state index contributed by atoms with van der Waals surface area (Å²) in [4.78, 5) is 26.5. The molecule has 4 rings (SSSR count). The largest absolute Gasteiger partial charge is 0.496 e. The van der Waals surface area contributed by atoms with E-state index in [0.29, 0.717) is 32.2 Å². The number of methoxy groups -OCH3 is 1. The van der Waals surface area contributed by atoms with E-state index >= 15 is 0 Å². The molecule has 0 fully saturated rings. The Morgan fingerprint density at radius 1 is 1.09 bits per heavy atom. The van der Waals surface area contributed by atoms with Crippen molar-refractivity contribution < 1.29 is 9.53 Å². The van der Waals surface area contributed by atoms with Crippen LogP contribution in [0.1, 0.15) is 5.56 Å². The van der Waals surface area contributed by atoms with Crippen LogP contribution in [-0.2, 0) is 4.79 Å². The summed E-state index contributed by atoms with van der Waals surface area (Å²) in [5.41, 5.74) is 1.15. The fourth-order valence-corrected chi connectivity index (χ4v) is 4.63. The maximum Gasteiger partial charge on any atom is 0.273 e. The predicted molar refractivity (Wildman–Crippen MR) is 135 cm³/mol. The second-order valence-corrected chi connectivity index (χ2v) is 8.55. The van der Waals surface area contributed by atoms with Gasteiger partial charge in [-0.15, -0.1) is 11.3 Å². The van der Waals surface area contributed by atoms with Gasteiger partial charge in [-0.2, -0.15) is 5.26 Å². The lowest BCUT2D eigenvalue weighted by Gasteiger charge is -2.06. The SMILES string of the molecule is COc1ccccc1C=c1sc(=C(C#N)C(=O)Nc2cccc(Cl)c2)n(-c2ccccc2)c1=O. The third-order valence-corrected chi connectivity index (χ3v) is 6.23. The summed E-state index contributed by atoms with van der Waals surface area (Å²) >= 11 is 7.07. The van der Waals surface area contributed by atoms with Crippen LogP contribution < -0.4 is 24.8 Å². The summed E-state index contributed by atoms with van der Waals surface area (Å²) in [5, 5.41) is 13.0. The van der Waals surface area contributed by atoms with Crippen LogP contribution in [0.3, 0.4) is 0 Å². The standard InChI is InChI=1S/C26H18ClN3O3S/c1-33-22-13-6-5-8-17(22)14-23-25(32)30(20-11-3-2-4-12-20)26(34-23)21(16-28)24(31)29-19-10-7-9-18(27)15-19/h2-15H,1H3,(H,29,31). The fraction of sp³-hybridized carbons (Fsp3) is 0.0385. The number of thiazole rings is 1. The van der Waals surface area contributed by atoms with Gasteiger partial charge in [-0.1, -0.05) is 54.1 Å². The van der Waals surface area contributed by atoms with E-state index in [9.17, 15) is 14.9 Å². The molecule has 8 heteroatoms. The molecule has 1 aromatic heterocycles. The molecule has 0 radical (unpaired) electrons. The molecule has 34 heavy (non-hydrogen) atoms. The second kappa shape index (κ2) is 10.2. The highest BCUT2D eigenvalue weighted by molar-refractivity contribution is 7.07. The second-order valence-electron chi connectivity index (χ2n) is 7.09. The molecule has 0 aliphatic rings. The number of anilines is 1. The molecule has 3 aromatic carbocycles. The highest BCUT2D eigenvalue weighted by atomic mass is 35.5. The van der Waals surface area contributed by atoms with Crippen LogP contribution in [0.5, 0.6) is 5.75 Å². The van der Waals surface area contributed by atoms with Gasteiger partial charge in [0.25, 0.3) is 11.5 Å². The van der Waals surface area contributed by atoms with Gasteiger partial charge in [0.1, 0.15) is 16.5 Å². The number of hydrogen-bond donors (Lipinski definition) is 1. The van der Waals surface area contributed by atoms with Gasteiger partial charge in [-0.3, -0.25) is 14.2 Å². The van der Waals surface area contributed by atoms with Crippen LogP contribution in [0, 0.1) is 11.3 Å². The maximum absolute atomic E-state index is 13.5. The third kappa shape index (κ3) is 4.79. The summed E-state index contributed by atoms with van der Waals surface area (Å²) < 4.78 is 7.35. The van der Waals surface area contributed by atoms with E-state index in [2.05, 4.69) is 5.32 Å². The molecular weight excluding hydrogens is 470 g/mol. The van der Waals surface area contributed by atoms with Crippen molar-refractivity contribution >= 4 is 46.2 Å². The Balaban J connectivity index is 1.97.